The summed E-state index contributed by atoms with van der Waals surface area (Å²) in [4.78, 5) is 37.6. The van der Waals surface area contributed by atoms with Crippen molar-refractivity contribution in [3.05, 3.63) is 0 Å². The van der Waals surface area contributed by atoms with E-state index in [-0.39, 0.29) is 35.6 Å². The van der Waals surface area contributed by atoms with Crippen LogP contribution in [0.1, 0.15) is 38.5 Å². The second-order valence-corrected chi connectivity index (χ2v) is 6.38. The van der Waals surface area contributed by atoms with Crippen LogP contribution < -0.4 is 10.6 Å². The van der Waals surface area contributed by atoms with Gasteiger partial charge in [-0.3, -0.25) is 14.4 Å². The molecule has 116 valence electrons. The molecule has 0 aromatic heterocycles. The van der Waals surface area contributed by atoms with Crippen molar-refractivity contribution >= 4 is 17.7 Å². The largest absolute Gasteiger partial charge is 0.356 e. The number of nitrogens with one attached hydrogen (secondary N) is 2. The summed E-state index contributed by atoms with van der Waals surface area (Å²) in [6.45, 7) is 2.05. The molecule has 0 aliphatic carbocycles. The van der Waals surface area contributed by atoms with E-state index in [4.69, 9.17) is 0 Å². The van der Waals surface area contributed by atoms with Gasteiger partial charge in [0.05, 0.1) is 0 Å². The van der Waals surface area contributed by atoms with Crippen molar-refractivity contribution in [1.82, 2.24) is 15.5 Å². The molecule has 3 unspecified atom stereocenters. The number of amides is 3. The van der Waals surface area contributed by atoms with Crippen LogP contribution in [0.25, 0.3) is 0 Å². The molecule has 0 bridgehead atoms. The Kier molecular flexibility index (Phi) is 4.12. The fraction of sp³-hybridized carbons (Fsp3) is 0.800. The average molecular weight is 293 g/mol. The summed E-state index contributed by atoms with van der Waals surface area (Å²) in [5, 5.41) is 5.69. The van der Waals surface area contributed by atoms with Crippen LogP contribution in [0.2, 0.25) is 0 Å². The van der Waals surface area contributed by atoms with E-state index in [0.717, 1.165) is 32.2 Å². The average Bonchev–Trinajstić information content (AvgIpc) is 2.48. The Morgan fingerprint density at radius 2 is 1.86 bits per heavy atom. The van der Waals surface area contributed by atoms with E-state index in [1.165, 1.54) is 0 Å². The van der Waals surface area contributed by atoms with E-state index in [0.29, 0.717) is 25.9 Å². The van der Waals surface area contributed by atoms with Crippen LogP contribution in [0.3, 0.4) is 0 Å². The van der Waals surface area contributed by atoms with Gasteiger partial charge in [0, 0.05) is 44.4 Å². The van der Waals surface area contributed by atoms with Gasteiger partial charge < -0.3 is 15.5 Å². The first-order valence-corrected chi connectivity index (χ1v) is 7.99. The predicted octanol–water partition coefficient (Wildman–Crippen LogP) is 0.0298. The van der Waals surface area contributed by atoms with E-state index in [2.05, 4.69) is 10.6 Å². The first-order chi connectivity index (χ1) is 10.1. The molecule has 2 N–H and O–H groups in total. The molecule has 3 atom stereocenters. The predicted molar refractivity (Wildman–Crippen MR) is 76.2 cm³/mol. The fourth-order valence-corrected chi connectivity index (χ4v) is 3.87. The number of hydrogen-bond donors (Lipinski definition) is 2. The van der Waals surface area contributed by atoms with Gasteiger partial charge in [-0.05, 0) is 31.6 Å². The van der Waals surface area contributed by atoms with Crippen molar-refractivity contribution in [1.29, 1.82) is 0 Å². The monoisotopic (exact) mass is 293 g/mol. The molecule has 3 rings (SSSR count). The lowest BCUT2D eigenvalue weighted by molar-refractivity contribution is -0.146. The van der Waals surface area contributed by atoms with Gasteiger partial charge in [-0.1, -0.05) is 0 Å². The fourth-order valence-electron chi connectivity index (χ4n) is 3.87. The molecule has 0 aromatic rings. The van der Waals surface area contributed by atoms with Crippen LogP contribution >= 0.6 is 0 Å². The molecule has 3 saturated heterocycles. The molecule has 21 heavy (non-hydrogen) atoms. The number of piperidine rings is 3. The quantitative estimate of drug-likeness (QED) is 0.754. The highest BCUT2D eigenvalue weighted by molar-refractivity contribution is 5.83. The van der Waals surface area contributed by atoms with Crippen molar-refractivity contribution in [2.45, 2.75) is 44.6 Å². The molecule has 0 saturated carbocycles. The summed E-state index contributed by atoms with van der Waals surface area (Å²) < 4.78 is 0. The minimum atomic E-state index is -0.0116. The van der Waals surface area contributed by atoms with Crippen LogP contribution in [0.15, 0.2) is 0 Å². The van der Waals surface area contributed by atoms with Crippen LogP contribution in [-0.4, -0.2) is 48.3 Å². The Hall–Kier alpha value is -1.59. The van der Waals surface area contributed by atoms with Crippen LogP contribution in [0.4, 0.5) is 0 Å². The Labute approximate surface area is 124 Å². The summed E-state index contributed by atoms with van der Waals surface area (Å²) in [5.41, 5.74) is 0. The van der Waals surface area contributed by atoms with Crippen molar-refractivity contribution < 1.29 is 14.4 Å². The van der Waals surface area contributed by atoms with Gasteiger partial charge in [-0.15, -0.1) is 0 Å². The number of carbonyl (C=O) groups excluding carboxylic acids is 3. The van der Waals surface area contributed by atoms with Crippen molar-refractivity contribution in [3.8, 4) is 0 Å². The lowest BCUT2D eigenvalue weighted by atomic mass is 9.78. The van der Waals surface area contributed by atoms with Gasteiger partial charge in [0.2, 0.25) is 17.7 Å². The highest BCUT2D eigenvalue weighted by atomic mass is 16.2. The van der Waals surface area contributed by atoms with Crippen molar-refractivity contribution in [2.24, 2.45) is 11.8 Å². The normalized spacial score (nSPS) is 34.4. The van der Waals surface area contributed by atoms with Crippen LogP contribution in [-0.2, 0) is 14.4 Å². The SMILES string of the molecule is O=C1CCC(N2CCCC(C3CCNC(=O)C3)C2=O)CN1. The van der Waals surface area contributed by atoms with Gasteiger partial charge in [-0.25, -0.2) is 0 Å². The van der Waals surface area contributed by atoms with E-state index in [1.54, 1.807) is 0 Å². The van der Waals surface area contributed by atoms with Gasteiger partial charge in [0.15, 0.2) is 0 Å². The zero-order chi connectivity index (χ0) is 14.8. The summed E-state index contributed by atoms with van der Waals surface area (Å²) in [6, 6.07) is 0.135. The van der Waals surface area contributed by atoms with E-state index in [1.807, 2.05) is 4.90 Å². The standard InChI is InChI=1S/C15H23N3O3/c19-13-4-3-11(9-17-13)18-7-1-2-12(15(18)21)10-5-6-16-14(20)8-10/h10-12H,1-9H2,(H,16,20)(H,17,19). The third-order valence-electron chi connectivity index (χ3n) is 5.05. The number of nitrogens with zero attached hydrogens (tertiary/aromatic N) is 1. The van der Waals surface area contributed by atoms with Crippen molar-refractivity contribution in [3.63, 3.8) is 0 Å². The lowest BCUT2D eigenvalue weighted by Crippen LogP contribution is -2.55. The molecule has 3 heterocycles. The van der Waals surface area contributed by atoms with Crippen LogP contribution in [0.5, 0.6) is 0 Å². The number of likely N-dealkylation sites (tertiary alicyclic amines) is 1. The smallest absolute Gasteiger partial charge is 0.226 e. The minimum absolute atomic E-state index is 0.0116. The molecule has 0 radical (unpaired) electrons. The number of rotatable bonds is 2. The molecular weight excluding hydrogens is 270 g/mol. The Bertz CT molecular complexity index is 441. The summed E-state index contributed by atoms with van der Waals surface area (Å²) >= 11 is 0. The highest BCUT2D eigenvalue weighted by Gasteiger charge is 2.39. The van der Waals surface area contributed by atoms with Gasteiger partial charge in [0.25, 0.3) is 0 Å². The Morgan fingerprint density at radius 1 is 1.00 bits per heavy atom. The molecule has 3 amide bonds. The van der Waals surface area contributed by atoms with E-state index >= 15 is 0 Å². The molecular formula is C15H23N3O3. The summed E-state index contributed by atoms with van der Waals surface area (Å²) in [6.07, 6.45) is 4.54. The molecule has 3 fully saturated rings. The molecule has 3 aliphatic heterocycles. The molecule has 0 aromatic carbocycles. The maximum atomic E-state index is 12.8. The molecule has 3 aliphatic rings. The van der Waals surface area contributed by atoms with Gasteiger partial charge in [0.1, 0.15) is 0 Å². The summed E-state index contributed by atoms with van der Waals surface area (Å²) in [7, 11) is 0. The molecule has 0 spiro atoms. The Balaban J connectivity index is 1.65. The van der Waals surface area contributed by atoms with Crippen molar-refractivity contribution in [2.75, 3.05) is 19.6 Å². The third-order valence-corrected chi connectivity index (χ3v) is 5.05. The maximum Gasteiger partial charge on any atom is 0.226 e. The topological polar surface area (TPSA) is 78.5 Å². The Morgan fingerprint density at radius 3 is 2.57 bits per heavy atom. The first-order valence-electron chi connectivity index (χ1n) is 7.99. The zero-order valence-corrected chi connectivity index (χ0v) is 12.3. The second kappa shape index (κ2) is 6.03. The maximum absolute atomic E-state index is 12.8. The third kappa shape index (κ3) is 3.04. The number of carbonyl (C=O) groups is 3. The van der Waals surface area contributed by atoms with Crippen LogP contribution in [0, 0.1) is 11.8 Å². The highest BCUT2D eigenvalue weighted by Crippen LogP contribution is 2.32. The number of hydrogen-bond acceptors (Lipinski definition) is 3. The van der Waals surface area contributed by atoms with Gasteiger partial charge >= 0.3 is 0 Å². The van der Waals surface area contributed by atoms with E-state index in [9.17, 15) is 14.4 Å². The second-order valence-electron chi connectivity index (χ2n) is 6.38. The molecule has 6 nitrogen and oxygen atoms in total. The zero-order valence-electron chi connectivity index (χ0n) is 12.3. The molecule has 6 heteroatoms. The first kappa shape index (κ1) is 14.4. The van der Waals surface area contributed by atoms with E-state index < -0.39 is 0 Å². The lowest BCUT2D eigenvalue weighted by Gasteiger charge is -2.42. The van der Waals surface area contributed by atoms with Gasteiger partial charge in [-0.2, -0.15) is 0 Å². The minimum Gasteiger partial charge on any atom is -0.356 e. The summed E-state index contributed by atoms with van der Waals surface area (Å²) in [5.74, 6) is 0.522.